The van der Waals surface area contributed by atoms with E-state index in [1.54, 1.807) is 20.8 Å². The van der Waals surface area contributed by atoms with E-state index < -0.39 is 29.6 Å². The average Bonchev–Trinajstić information content (AvgIpc) is 2.15. The van der Waals surface area contributed by atoms with E-state index in [-0.39, 0.29) is 5.78 Å². The van der Waals surface area contributed by atoms with Gasteiger partial charge in [0.2, 0.25) is 6.79 Å². The molecule has 0 N–H and O–H groups in total. The van der Waals surface area contributed by atoms with Crippen LogP contribution in [0.2, 0.25) is 0 Å². The summed E-state index contributed by atoms with van der Waals surface area (Å²) in [4.78, 5) is 34.0. The maximum Gasteiger partial charge on any atom is 0.321 e. The minimum atomic E-state index is -1.21. The van der Waals surface area contributed by atoms with Crippen molar-refractivity contribution < 1.29 is 23.9 Å². The average molecular weight is 244 g/mol. The lowest BCUT2D eigenvalue weighted by atomic mass is 9.89. The molecule has 0 radical (unpaired) electrons. The Kier molecular flexibility index (Phi) is 4.86. The molecule has 0 heterocycles. The fourth-order valence-electron chi connectivity index (χ4n) is 0.677. The van der Waals surface area contributed by atoms with Crippen LogP contribution in [0.1, 0.15) is 41.5 Å². The van der Waals surface area contributed by atoms with Gasteiger partial charge in [-0.15, -0.1) is 0 Å². The van der Waals surface area contributed by atoms with Crippen LogP contribution in [0.5, 0.6) is 0 Å². The van der Waals surface area contributed by atoms with Crippen molar-refractivity contribution in [2.45, 2.75) is 41.5 Å². The topological polar surface area (TPSA) is 69.7 Å². The Morgan fingerprint density at radius 3 is 1.65 bits per heavy atom. The van der Waals surface area contributed by atoms with Crippen LogP contribution in [0, 0.1) is 10.8 Å². The summed E-state index contributed by atoms with van der Waals surface area (Å²) in [6, 6.07) is 0. The van der Waals surface area contributed by atoms with Gasteiger partial charge in [-0.25, -0.2) is 0 Å². The summed E-state index contributed by atoms with van der Waals surface area (Å²) < 4.78 is 9.49. The van der Waals surface area contributed by atoms with Crippen LogP contribution in [0.3, 0.4) is 0 Å². The lowest BCUT2D eigenvalue weighted by molar-refractivity contribution is -0.178. The van der Waals surface area contributed by atoms with Crippen LogP contribution >= 0.6 is 0 Å². The van der Waals surface area contributed by atoms with E-state index in [0.717, 1.165) is 0 Å². The highest BCUT2D eigenvalue weighted by Crippen LogP contribution is 2.19. The van der Waals surface area contributed by atoms with Crippen molar-refractivity contribution in [2.24, 2.45) is 10.8 Å². The van der Waals surface area contributed by atoms with Gasteiger partial charge >= 0.3 is 11.9 Å². The van der Waals surface area contributed by atoms with Crippen LogP contribution in [0.25, 0.3) is 0 Å². The number of ether oxygens (including phenoxy) is 2. The third kappa shape index (κ3) is 4.54. The van der Waals surface area contributed by atoms with Crippen LogP contribution in [-0.4, -0.2) is 24.5 Å². The molecule has 0 spiro atoms. The first-order chi connectivity index (χ1) is 7.49. The highest BCUT2D eigenvalue weighted by molar-refractivity contribution is 6.01. The highest BCUT2D eigenvalue weighted by atomic mass is 16.7. The van der Waals surface area contributed by atoms with Crippen molar-refractivity contribution >= 4 is 17.7 Å². The summed E-state index contributed by atoms with van der Waals surface area (Å²) >= 11 is 0. The maximum atomic E-state index is 11.5. The molecule has 98 valence electrons. The number of esters is 2. The molecule has 0 unspecified atom stereocenters. The molecule has 0 amide bonds. The zero-order chi connectivity index (χ0) is 13.9. The molecule has 0 saturated carbocycles. The van der Waals surface area contributed by atoms with Crippen molar-refractivity contribution in [1.82, 2.24) is 0 Å². The van der Waals surface area contributed by atoms with Crippen molar-refractivity contribution in [2.75, 3.05) is 6.79 Å². The van der Waals surface area contributed by atoms with Gasteiger partial charge in [0, 0.05) is 0 Å². The molecule has 5 heteroatoms. The Hall–Kier alpha value is -1.39. The zero-order valence-corrected chi connectivity index (χ0v) is 11.2. The van der Waals surface area contributed by atoms with Gasteiger partial charge in [0.25, 0.3) is 0 Å². The molecule has 0 aliphatic rings. The Morgan fingerprint density at radius 1 is 0.882 bits per heavy atom. The molecular formula is C12H20O5. The monoisotopic (exact) mass is 244 g/mol. The van der Waals surface area contributed by atoms with Gasteiger partial charge in [0.15, 0.2) is 0 Å². The third-order valence-corrected chi connectivity index (χ3v) is 2.38. The third-order valence-electron chi connectivity index (χ3n) is 2.38. The first-order valence-corrected chi connectivity index (χ1v) is 5.35. The standard InChI is InChI=1S/C12H20O5/c1-8(13)12(5,6)10(15)17-7-16-9(14)11(2,3)4/h7H2,1-6H3. The number of carbonyl (C=O) groups excluding carboxylic acids is 3. The molecule has 0 aliphatic carbocycles. The SMILES string of the molecule is CC(=O)C(C)(C)C(=O)OCOC(=O)C(C)(C)C. The maximum absolute atomic E-state index is 11.5. The van der Waals surface area contributed by atoms with E-state index >= 15 is 0 Å². The van der Waals surface area contributed by atoms with E-state index in [0.29, 0.717) is 0 Å². The first kappa shape index (κ1) is 15.6. The van der Waals surface area contributed by atoms with E-state index in [1.807, 2.05) is 0 Å². The molecule has 0 atom stereocenters. The van der Waals surface area contributed by atoms with E-state index in [1.165, 1.54) is 20.8 Å². The molecule has 0 fully saturated rings. The van der Waals surface area contributed by atoms with Gasteiger partial charge in [0.1, 0.15) is 11.2 Å². The van der Waals surface area contributed by atoms with Crippen LogP contribution in [0.4, 0.5) is 0 Å². The molecule has 0 aromatic carbocycles. The Morgan fingerprint density at radius 2 is 1.29 bits per heavy atom. The molecule has 5 nitrogen and oxygen atoms in total. The molecule has 0 rings (SSSR count). The van der Waals surface area contributed by atoms with Gasteiger partial charge in [0.05, 0.1) is 5.41 Å². The molecule has 0 bridgehead atoms. The second-order valence-electron chi connectivity index (χ2n) is 5.41. The lowest BCUT2D eigenvalue weighted by Gasteiger charge is -2.20. The predicted octanol–water partition coefficient (Wildman–Crippen LogP) is 1.69. The van der Waals surface area contributed by atoms with E-state index in [4.69, 9.17) is 9.47 Å². The number of Topliss-reactive ketones (excluding diaryl/α,β-unsaturated/α-hetero) is 1. The van der Waals surface area contributed by atoms with Gasteiger partial charge < -0.3 is 9.47 Å². The molecular weight excluding hydrogens is 224 g/mol. The fourth-order valence-corrected chi connectivity index (χ4v) is 0.677. The van der Waals surface area contributed by atoms with E-state index in [9.17, 15) is 14.4 Å². The van der Waals surface area contributed by atoms with Gasteiger partial charge in [-0.1, -0.05) is 0 Å². The quantitative estimate of drug-likeness (QED) is 0.427. The molecule has 0 aliphatic heterocycles. The van der Waals surface area contributed by atoms with Crippen molar-refractivity contribution in [1.29, 1.82) is 0 Å². The summed E-state index contributed by atoms with van der Waals surface area (Å²) in [5.41, 5.74) is -1.86. The van der Waals surface area contributed by atoms with E-state index in [2.05, 4.69) is 0 Å². The zero-order valence-electron chi connectivity index (χ0n) is 11.2. The molecule has 0 aromatic heterocycles. The van der Waals surface area contributed by atoms with Crippen molar-refractivity contribution in [3.05, 3.63) is 0 Å². The van der Waals surface area contributed by atoms with Crippen LogP contribution in [0.15, 0.2) is 0 Å². The summed E-state index contributed by atoms with van der Waals surface area (Å²) in [5, 5.41) is 0. The number of carbonyl (C=O) groups is 3. The number of ketones is 1. The normalized spacial score (nSPS) is 11.9. The number of rotatable bonds is 4. The second kappa shape index (κ2) is 5.29. The van der Waals surface area contributed by atoms with Crippen molar-refractivity contribution in [3.63, 3.8) is 0 Å². The molecule has 0 saturated heterocycles. The second-order valence-corrected chi connectivity index (χ2v) is 5.41. The minimum Gasteiger partial charge on any atom is -0.427 e. The summed E-state index contributed by atoms with van der Waals surface area (Å²) in [7, 11) is 0. The van der Waals surface area contributed by atoms with Crippen LogP contribution < -0.4 is 0 Å². The van der Waals surface area contributed by atoms with Gasteiger partial charge in [-0.2, -0.15) is 0 Å². The summed E-state index contributed by atoms with van der Waals surface area (Å²) in [6.45, 7) is 8.84. The Bertz CT molecular complexity index is 322. The van der Waals surface area contributed by atoms with Gasteiger partial charge in [-0.3, -0.25) is 14.4 Å². The molecule has 17 heavy (non-hydrogen) atoms. The fraction of sp³-hybridized carbons (Fsp3) is 0.750. The molecule has 0 aromatic rings. The predicted molar refractivity (Wildman–Crippen MR) is 61.0 cm³/mol. The Balaban J connectivity index is 4.21. The van der Waals surface area contributed by atoms with Crippen LogP contribution in [-0.2, 0) is 23.9 Å². The minimum absolute atomic E-state index is 0.301. The summed E-state index contributed by atoms with van der Waals surface area (Å²) in [6.07, 6.45) is 0. The summed E-state index contributed by atoms with van der Waals surface area (Å²) in [5.74, 6) is -1.47. The number of hydrogen-bond donors (Lipinski definition) is 0. The Labute approximate surface area is 101 Å². The van der Waals surface area contributed by atoms with Gasteiger partial charge in [-0.05, 0) is 41.5 Å². The smallest absolute Gasteiger partial charge is 0.321 e. The highest BCUT2D eigenvalue weighted by Gasteiger charge is 2.35. The largest absolute Gasteiger partial charge is 0.427 e. The number of hydrogen-bond acceptors (Lipinski definition) is 5. The lowest BCUT2D eigenvalue weighted by Crippen LogP contribution is -2.34. The van der Waals surface area contributed by atoms with Crippen molar-refractivity contribution in [3.8, 4) is 0 Å². The first-order valence-electron chi connectivity index (χ1n) is 5.35.